The molecule has 0 aromatic heterocycles. The summed E-state index contributed by atoms with van der Waals surface area (Å²) in [6, 6.07) is 8.94. The predicted octanol–water partition coefficient (Wildman–Crippen LogP) is 1.15. The average molecular weight is 368 g/mol. The molecule has 0 unspecified atom stereocenters. The highest BCUT2D eigenvalue weighted by Crippen LogP contribution is 2.40. The van der Waals surface area contributed by atoms with E-state index in [4.69, 9.17) is 5.11 Å². The van der Waals surface area contributed by atoms with Crippen molar-refractivity contribution in [3.63, 3.8) is 0 Å². The summed E-state index contributed by atoms with van der Waals surface area (Å²) in [5.41, 5.74) is 0.777. The van der Waals surface area contributed by atoms with Crippen molar-refractivity contribution in [2.45, 2.75) is 24.1 Å². The van der Waals surface area contributed by atoms with Gasteiger partial charge in [-0.2, -0.15) is 4.99 Å². The number of amides is 1. The standard InChI is InChI=1S/C15H16N2O5S2/c18-13(6-7-14(19)20)16-15-17(10-4-2-1-3-5-10)11-8-24(21,22)9-12(11)23-15/h1-5,11-12H,6-9H2,(H,19,20)/t11-,12+/m1/s1. The molecule has 0 radical (unpaired) electrons. The number of nitrogens with zero attached hydrogens (tertiary/aromatic N) is 2. The highest BCUT2D eigenvalue weighted by atomic mass is 32.2. The van der Waals surface area contributed by atoms with E-state index in [1.165, 1.54) is 11.8 Å². The van der Waals surface area contributed by atoms with Crippen LogP contribution in [0.15, 0.2) is 35.3 Å². The Bertz CT molecular complexity index is 791. The molecule has 0 spiro atoms. The van der Waals surface area contributed by atoms with Gasteiger partial charge in [0.2, 0.25) is 5.91 Å². The zero-order valence-electron chi connectivity index (χ0n) is 12.7. The van der Waals surface area contributed by atoms with Crippen molar-refractivity contribution in [3.8, 4) is 0 Å². The number of carboxylic acid groups (broad SMARTS) is 1. The van der Waals surface area contributed by atoms with Crippen molar-refractivity contribution in [2.24, 2.45) is 4.99 Å². The molecule has 0 saturated carbocycles. The van der Waals surface area contributed by atoms with Crippen LogP contribution in [0, 0.1) is 0 Å². The van der Waals surface area contributed by atoms with Crippen molar-refractivity contribution >= 4 is 44.3 Å². The maximum Gasteiger partial charge on any atom is 0.303 e. The summed E-state index contributed by atoms with van der Waals surface area (Å²) >= 11 is 1.28. The number of rotatable bonds is 4. The van der Waals surface area contributed by atoms with E-state index in [2.05, 4.69) is 4.99 Å². The minimum Gasteiger partial charge on any atom is -0.481 e. The van der Waals surface area contributed by atoms with E-state index in [9.17, 15) is 18.0 Å². The van der Waals surface area contributed by atoms with E-state index in [1.807, 2.05) is 30.3 Å². The Kier molecular flexibility index (Phi) is 4.64. The van der Waals surface area contributed by atoms with Crippen LogP contribution in [-0.4, -0.2) is 53.4 Å². The fraction of sp³-hybridized carbons (Fsp3) is 0.400. The second kappa shape index (κ2) is 6.56. The smallest absolute Gasteiger partial charge is 0.303 e. The zero-order chi connectivity index (χ0) is 17.3. The third-order valence-corrected chi connectivity index (χ3v) is 7.08. The molecule has 2 atom stereocenters. The number of para-hydroxylation sites is 1. The number of fused-ring (bicyclic) bond motifs is 1. The summed E-state index contributed by atoms with van der Waals surface area (Å²) in [5, 5.41) is 8.94. The monoisotopic (exact) mass is 368 g/mol. The lowest BCUT2D eigenvalue weighted by Crippen LogP contribution is -2.37. The van der Waals surface area contributed by atoms with Crippen molar-refractivity contribution in [3.05, 3.63) is 30.3 Å². The number of aliphatic carboxylic acids is 1. The first-order chi connectivity index (χ1) is 11.4. The summed E-state index contributed by atoms with van der Waals surface area (Å²) in [6.07, 6.45) is -0.442. The summed E-state index contributed by atoms with van der Waals surface area (Å²) in [5.74, 6) is -1.47. The Morgan fingerprint density at radius 3 is 2.58 bits per heavy atom. The van der Waals surface area contributed by atoms with Gasteiger partial charge in [0.1, 0.15) is 0 Å². The lowest BCUT2D eigenvalue weighted by Gasteiger charge is -2.24. The Hall–Kier alpha value is -1.87. The van der Waals surface area contributed by atoms with E-state index < -0.39 is 21.7 Å². The molecule has 2 heterocycles. The second-order valence-electron chi connectivity index (χ2n) is 5.69. The number of thioether (sulfide) groups is 1. The van der Waals surface area contributed by atoms with Gasteiger partial charge in [-0.15, -0.1) is 0 Å². The molecule has 2 aliphatic rings. The molecule has 1 aromatic rings. The molecule has 1 aromatic carbocycles. The van der Waals surface area contributed by atoms with E-state index in [-0.39, 0.29) is 35.6 Å². The van der Waals surface area contributed by atoms with Crippen LogP contribution in [0.2, 0.25) is 0 Å². The first-order valence-electron chi connectivity index (χ1n) is 7.40. The maximum absolute atomic E-state index is 11.9. The van der Waals surface area contributed by atoms with Gasteiger partial charge in [0, 0.05) is 17.4 Å². The highest BCUT2D eigenvalue weighted by Gasteiger charge is 2.49. The number of amidine groups is 1. The summed E-state index contributed by atoms with van der Waals surface area (Å²) < 4.78 is 23.8. The van der Waals surface area contributed by atoms with Crippen LogP contribution in [0.1, 0.15) is 12.8 Å². The molecule has 1 N–H and O–H groups in total. The van der Waals surface area contributed by atoms with Crippen LogP contribution in [0.5, 0.6) is 0 Å². The maximum atomic E-state index is 11.9. The largest absolute Gasteiger partial charge is 0.481 e. The molecular formula is C15H16N2O5S2. The number of carbonyl (C=O) groups is 2. The van der Waals surface area contributed by atoms with Crippen LogP contribution in [0.3, 0.4) is 0 Å². The van der Waals surface area contributed by atoms with E-state index >= 15 is 0 Å². The quantitative estimate of drug-likeness (QED) is 0.850. The van der Waals surface area contributed by atoms with Crippen LogP contribution in [-0.2, 0) is 19.4 Å². The van der Waals surface area contributed by atoms with Crippen molar-refractivity contribution in [1.82, 2.24) is 0 Å². The zero-order valence-corrected chi connectivity index (χ0v) is 14.3. The molecule has 24 heavy (non-hydrogen) atoms. The number of hydrogen-bond acceptors (Lipinski definition) is 5. The number of benzene rings is 1. The number of hydrogen-bond donors (Lipinski definition) is 1. The highest BCUT2D eigenvalue weighted by molar-refractivity contribution is 8.16. The SMILES string of the molecule is O=C(O)CCC(=O)N=C1S[C@H]2CS(=O)(=O)C[C@H]2N1c1ccccc1. The van der Waals surface area contributed by atoms with Gasteiger partial charge in [-0.3, -0.25) is 9.59 Å². The number of aliphatic imine (C=N–C) groups is 1. The van der Waals surface area contributed by atoms with Gasteiger partial charge in [0.15, 0.2) is 15.0 Å². The van der Waals surface area contributed by atoms with E-state index in [0.29, 0.717) is 5.17 Å². The van der Waals surface area contributed by atoms with Crippen molar-refractivity contribution < 1.29 is 23.1 Å². The van der Waals surface area contributed by atoms with Crippen LogP contribution in [0.4, 0.5) is 5.69 Å². The fourth-order valence-electron chi connectivity index (χ4n) is 2.83. The lowest BCUT2D eigenvalue weighted by atomic mass is 10.2. The first-order valence-corrected chi connectivity index (χ1v) is 10.1. The van der Waals surface area contributed by atoms with Gasteiger partial charge in [0.05, 0.1) is 24.0 Å². The molecule has 0 aliphatic carbocycles. The minimum atomic E-state index is -3.10. The molecule has 128 valence electrons. The fourth-order valence-corrected chi connectivity index (χ4v) is 6.76. The Labute approximate surface area is 143 Å². The van der Waals surface area contributed by atoms with Crippen LogP contribution in [0.25, 0.3) is 0 Å². The molecule has 2 fully saturated rings. The Morgan fingerprint density at radius 1 is 1.21 bits per heavy atom. The van der Waals surface area contributed by atoms with Crippen LogP contribution >= 0.6 is 11.8 Å². The molecule has 3 rings (SSSR count). The van der Waals surface area contributed by atoms with Gasteiger partial charge in [-0.25, -0.2) is 8.42 Å². The van der Waals surface area contributed by atoms with Gasteiger partial charge in [-0.1, -0.05) is 30.0 Å². The number of carbonyl (C=O) groups excluding carboxylic acids is 1. The Balaban J connectivity index is 1.89. The molecule has 2 saturated heterocycles. The van der Waals surface area contributed by atoms with Crippen LogP contribution < -0.4 is 4.90 Å². The average Bonchev–Trinajstić information content (AvgIpc) is 2.97. The van der Waals surface area contributed by atoms with Crippen molar-refractivity contribution in [1.29, 1.82) is 0 Å². The van der Waals surface area contributed by atoms with Gasteiger partial charge in [-0.05, 0) is 12.1 Å². The third kappa shape index (κ3) is 3.62. The summed E-state index contributed by atoms with van der Waals surface area (Å²) in [6.45, 7) is 0. The summed E-state index contributed by atoms with van der Waals surface area (Å²) in [4.78, 5) is 28.3. The molecular weight excluding hydrogens is 352 g/mol. The minimum absolute atomic E-state index is 0.0297. The van der Waals surface area contributed by atoms with E-state index in [1.54, 1.807) is 4.90 Å². The molecule has 9 heteroatoms. The number of sulfone groups is 1. The van der Waals surface area contributed by atoms with Gasteiger partial charge in [0.25, 0.3) is 0 Å². The number of carboxylic acids is 1. The topological polar surface area (TPSA) is 104 Å². The summed E-state index contributed by atoms with van der Waals surface area (Å²) in [7, 11) is -3.10. The van der Waals surface area contributed by atoms with Crippen molar-refractivity contribution in [2.75, 3.05) is 16.4 Å². The first kappa shape index (κ1) is 17.0. The predicted molar refractivity (Wildman–Crippen MR) is 92.1 cm³/mol. The number of anilines is 1. The second-order valence-corrected chi connectivity index (χ2v) is 9.05. The molecule has 0 bridgehead atoms. The molecule has 1 amide bonds. The molecule has 2 aliphatic heterocycles. The third-order valence-electron chi connectivity index (χ3n) is 3.87. The lowest BCUT2D eigenvalue weighted by molar-refractivity contribution is -0.138. The van der Waals surface area contributed by atoms with Gasteiger partial charge < -0.3 is 10.0 Å². The van der Waals surface area contributed by atoms with Gasteiger partial charge >= 0.3 is 5.97 Å². The van der Waals surface area contributed by atoms with E-state index in [0.717, 1.165) is 5.69 Å². The molecule has 7 nitrogen and oxygen atoms in total. The normalized spacial score (nSPS) is 26.5. The Morgan fingerprint density at radius 2 is 1.92 bits per heavy atom.